The summed E-state index contributed by atoms with van der Waals surface area (Å²) in [7, 11) is -1.88. The number of nitrogens with zero attached hydrogens (tertiary/aromatic N) is 1. The third-order valence-electron chi connectivity index (χ3n) is 4.32. The number of carbonyl (C=O) groups excluding carboxylic acids is 1. The molecule has 0 saturated heterocycles. The molecule has 0 atom stereocenters. The fourth-order valence-electron chi connectivity index (χ4n) is 2.76. The van der Waals surface area contributed by atoms with Gasteiger partial charge in [-0.2, -0.15) is 4.31 Å². The number of hydrogen-bond donors (Lipinski definition) is 1. The lowest BCUT2D eigenvalue weighted by Gasteiger charge is -2.32. The van der Waals surface area contributed by atoms with Gasteiger partial charge in [-0.1, -0.05) is 6.92 Å². The minimum Gasteiger partial charge on any atom is -0.366 e. The summed E-state index contributed by atoms with van der Waals surface area (Å²) in [4.78, 5) is 11.2. The van der Waals surface area contributed by atoms with Crippen molar-refractivity contribution in [2.45, 2.75) is 43.5 Å². The molecule has 116 valence electrons. The normalized spacial score (nSPS) is 23.2. The van der Waals surface area contributed by atoms with Crippen molar-refractivity contribution in [3.63, 3.8) is 0 Å². The van der Waals surface area contributed by atoms with Crippen molar-refractivity contribution >= 4 is 15.9 Å². The van der Waals surface area contributed by atoms with E-state index in [1.165, 1.54) is 28.6 Å². The summed E-state index contributed by atoms with van der Waals surface area (Å²) in [6.45, 7) is 2.20. The van der Waals surface area contributed by atoms with Crippen molar-refractivity contribution in [2.75, 3.05) is 7.05 Å². The summed E-state index contributed by atoms with van der Waals surface area (Å²) < 4.78 is 26.7. The summed E-state index contributed by atoms with van der Waals surface area (Å²) >= 11 is 0. The summed E-state index contributed by atoms with van der Waals surface area (Å²) in [5, 5.41) is 0. The molecule has 0 heterocycles. The van der Waals surface area contributed by atoms with E-state index in [-0.39, 0.29) is 10.9 Å². The van der Waals surface area contributed by atoms with E-state index in [1.807, 2.05) is 0 Å². The molecular weight excluding hydrogens is 288 g/mol. The van der Waals surface area contributed by atoms with Crippen molar-refractivity contribution < 1.29 is 13.2 Å². The lowest BCUT2D eigenvalue weighted by atomic mass is 9.87. The smallest absolute Gasteiger partial charge is 0.248 e. The number of sulfonamides is 1. The van der Waals surface area contributed by atoms with E-state index >= 15 is 0 Å². The Hall–Kier alpha value is -1.40. The molecule has 21 heavy (non-hydrogen) atoms. The van der Waals surface area contributed by atoms with Gasteiger partial charge in [0.15, 0.2) is 0 Å². The maximum atomic E-state index is 12.6. The van der Waals surface area contributed by atoms with Crippen molar-refractivity contribution in [3.05, 3.63) is 29.8 Å². The van der Waals surface area contributed by atoms with Crippen molar-refractivity contribution in [1.29, 1.82) is 0 Å². The Kier molecular flexibility index (Phi) is 4.68. The van der Waals surface area contributed by atoms with Gasteiger partial charge in [0.05, 0.1) is 4.90 Å². The van der Waals surface area contributed by atoms with Crippen LogP contribution in [0.2, 0.25) is 0 Å². The van der Waals surface area contributed by atoms with Gasteiger partial charge in [0.25, 0.3) is 0 Å². The zero-order valence-corrected chi connectivity index (χ0v) is 13.3. The van der Waals surface area contributed by atoms with Crippen molar-refractivity contribution in [1.82, 2.24) is 4.31 Å². The number of rotatable bonds is 4. The first-order chi connectivity index (χ1) is 9.82. The average molecular weight is 310 g/mol. The standard InChI is InChI=1S/C15H22N2O3S/c1-11-3-7-13(8-4-11)17(2)21(19,20)14-9-5-12(6-10-14)15(16)18/h5-6,9-11,13H,3-4,7-8H2,1-2H3,(H2,16,18). The van der Waals surface area contributed by atoms with Gasteiger partial charge in [-0.05, 0) is 55.9 Å². The predicted octanol–water partition coefficient (Wildman–Crippen LogP) is 1.98. The van der Waals surface area contributed by atoms with Gasteiger partial charge in [-0.15, -0.1) is 0 Å². The minimum atomic E-state index is -3.52. The molecule has 2 N–H and O–H groups in total. The molecule has 0 radical (unpaired) electrons. The summed E-state index contributed by atoms with van der Waals surface area (Å²) in [6.07, 6.45) is 3.92. The molecule has 0 aromatic heterocycles. The maximum absolute atomic E-state index is 12.6. The number of hydrogen-bond acceptors (Lipinski definition) is 3. The van der Waals surface area contributed by atoms with Crippen LogP contribution in [-0.4, -0.2) is 31.7 Å². The zero-order chi connectivity index (χ0) is 15.6. The highest BCUT2D eigenvalue weighted by atomic mass is 32.2. The third kappa shape index (κ3) is 3.44. The second-order valence-corrected chi connectivity index (χ2v) is 7.82. The molecule has 1 amide bonds. The molecule has 1 aromatic rings. The third-order valence-corrected chi connectivity index (χ3v) is 6.24. The van der Waals surface area contributed by atoms with E-state index in [0.29, 0.717) is 11.5 Å². The minimum absolute atomic E-state index is 0.0574. The van der Waals surface area contributed by atoms with Crippen LogP contribution in [0.5, 0.6) is 0 Å². The van der Waals surface area contributed by atoms with E-state index in [1.54, 1.807) is 7.05 Å². The Bertz CT molecular complexity index is 602. The molecule has 1 aliphatic rings. The quantitative estimate of drug-likeness (QED) is 0.923. The fraction of sp³-hybridized carbons (Fsp3) is 0.533. The van der Waals surface area contributed by atoms with Crippen molar-refractivity contribution in [3.8, 4) is 0 Å². The number of benzene rings is 1. The van der Waals surface area contributed by atoms with E-state index in [4.69, 9.17) is 5.73 Å². The van der Waals surface area contributed by atoms with Gasteiger partial charge in [0.1, 0.15) is 0 Å². The molecule has 0 spiro atoms. The highest BCUT2D eigenvalue weighted by molar-refractivity contribution is 7.89. The van der Waals surface area contributed by atoms with E-state index < -0.39 is 15.9 Å². The van der Waals surface area contributed by atoms with E-state index in [9.17, 15) is 13.2 Å². The van der Waals surface area contributed by atoms with Crippen LogP contribution in [0.1, 0.15) is 43.0 Å². The lowest BCUT2D eigenvalue weighted by molar-refractivity contribution is 0.1000. The predicted molar refractivity (Wildman–Crippen MR) is 81.3 cm³/mol. The van der Waals surface area contributed by atoms with Crippen LogP contribution in [-0.2, 0) is 10.0 Å². The summed E-state index contributed by atoms with van der Waals surface area (Å²) in [5.74, 6) is 0.112. The lowest BCUT2D eigenvalue weighted by Crippen LogP contribution is -2.39. The van der Waals surface area contributed by atoms with Gasteiger partial charge in [-0.3, -0.25) is 4.79 Å². The first-order valence-corrected chi connectivity index (χ1v) is 8.64. The first kappa shape index (κ1) is 16.0. The first-order valence-electron chi connectivity index (χ1n) is 7.20. The van der Waals surface area contributed by atoms with Crippen molar-refractivity contribution in [2.24, 2.45) is 11.7 Å². The monoisotopic (exact) mass is 310 g/mol. The molecule has 1 aromatic carbocycles. The number of primary amides is 1. The van der Waals surface area contributed by atoms with Crippen LogP contribution >= 0.6 is 0 Å². The van der Waals surface area contributed by atoms with Gasteiger partial charge < -0.3 is 5.73 Å². The van der Waals surface area contributed by atoms with Crippen LogP contribution in [0.15, 0.2) is 29.2 Å². The molecule has 6 heteroatoms. The van der Waals surface area contributed by atoms with Crippen LogP contribution < -0.4 is 5.73 Å². The van der Waals surface area contributed by atoms with Crippen LogP contribution in [0.4, 0.5) is 0 Å². The molecule has 1 aliphatic carbocycles. The largest absolute Gasteiger partial charge is 0.366 e. The highest BCUT2D eigenvalue weighted by Crippen LogP contribution is 2.29. The van der Waals surface area contributed by atoms with E-state index in [2.05, 4.69) is 6.92 Å². The summed E-state index contributed by atoms with van der Waals surface area (Å²) in [6, 6.07) is 5.84. The number of carbonyl (C=O) groups is 1. The Labute approximate surface area is 126 Å². The van der Waals surface area contributed by atoms with Gasteiger partial charge in [0, 0.05) is 18.7 Å². The zero-order valence-electron chi connectivity index (χ0n) is 12.5. The second kappa shape index (κ2) is 6.15. The Balaban J connectivity index is 2.18. The number of nitrogens with two attached hydrogens (primary N) is 1. The topological polar surface area (TPSA) is 80.5 Å². The second-order valence-electron chi connectivity index (χ2n) is 5.82. The van der Waals surface area contributed by atoms with Gasteiger partial charge in [-0.25, -0.2) is 8.42 Å². The van der Waals surface area contributed by atoms with E-state index in [0.717, 1.165) is 25.7 Å². The van der Waals surface area contributed by atoms with Crippen LogP contribution in [0, 0.1) is 5.92 Å². The van der Waals surface area contributed by atoms with Gasteiger partial charge in [0.2, 0.25) is 15.9 Å². The molecule has 1 fully saturated rings. The highest BCUT2D eigenvalue weighted by Gasteiger charge is 2.30. The Morgan fingerprint density at radius 1 is 1.14 bits per heavy atom. The fourth-order valence-corrected chi connectivity index (χ4v) is 4.18. The molecule has 5 nitrogen and oxygen atoms in total. The van der Waals surface area contributed by atoms with Crippen LogP contribution in [0.3, 0.4) is 0 Å². The van der Waals surface area contributed by atoms with Gasteiger partial charge >= 0.3 is 0 Å². The summed E-state index contributed by atoms with van der Waals surface area (Å²) in [5.41, 5.74) is 5.47. The van der Waals surface area contributed by atoms with Crippen LogP contribution in [0.25, 0.3) is 0 Å². The Morgan fingerprint density at radius 3 is 2.14 bits per heavy atom. The molecular formula is C15H22N2O3S. The SMILES string of the molecule is CC1CCC(N(C)S(=O)(=O)c2ccc(C(N)=O)cc2)CC1. The molecule has 0 unspecified atom stereocenters. The molecule has 1 saturated carbocycles. The number of amides is 1. The molecule has 0 aliphatic heterocycles. The maximum Gasteiger partial charge on any atom is 0.248 e. The molecule has 0 bridgehead atoms. The average Bonchev–Trinajstić information content (AvgIpc) is 2.47. The molecule has 2 rings (SSSR count). The Morgan fingerprint density at radius 2 is 1.67 bits per heavy atom.